The zero-order valence-electron chi connectivity index (χ0n) is 9.58. The van der Waals surface area contributed by atoms with Crippen LogP contribution in [0.15, 0.2) is 36.4 Å². The first-order chi connectivity index (χ1) is 8.61. The Hall–Kier alpha value is -2.41. The largest absolute Gasteiger partial charge is 0.455 e. The number of nitriles is 1. The van der Waals surface area contributed by atoms with Gasteiger partial charge in [0.05, 0.1) is 0 Å². The van der Waals surface area contributed by atoms with Crippen molar-refractivity contribution >= 4 is 0 Å². The summed E-state index contributed by atoms with van der Waals surface area (Å²) in [4.78, 5) is 0. The monoisotopic (exact) mass is 245 g/mol. The predicted molar refractivity (Wildman–Crippen MR) is 62.3 cm³/mol. The predicted octanol–water partition coefficient (Wildman–Crippen LogP) is 3.94. The molecule has 0 aromatic heterocycles. The molecule has 0 radical (unpaired) electrons. The third-order valence-electron chi connectivity index (χ3n) is 2.46. The van der Waals surface area contributed by atoms with E-state index in [0.717, 1.165) is 0 Å². The highest BCUT2D eigenvalue weighted by Gasteiger charge is 2.11. The molecule has 90 valence electrons. The number of hydrogen-bond acceptors (Lipinski definition) is 2. The molecule has 0 amide bonds. The van der Waals surface area contributed by atoms with Crippen LogP contribution in [0.4, 0.5) is 8.78 Å². The minimum Gasteiger partial charge on any atom is -0.455 e. The molecular formula is C14H9F2NO. The van der Waals surface area contributed by atoms with Crippen LogP contribution in [0.5, 0.6) is 11.5 Å². The molecule has 0 fully saturated rings. The molecule has 0 aliphatic heterocycles. The van der Waals surface area contributed by atoms with Crippen molar-refractivity contribution in [3.05, 3.63) is 59.2 Å². The molecule has 2 nitrogen and oxygen atoms in total. The Bertz CT molecular complexity index is 632. The number of halogens is 2. The van der Waals surface area contributed by atoms with E-state index < -0.39 is 11.6 Å². The minimum absolute atomic E-state index is 0.0752. The first-order valence-electron chi connectivity index (χ1n) is 5.24. The highest BCUT2D eigenvalue weighted by molar-refractivity contribution is 5.47. The Kier molecular flexibility index (Phi) is 3.24. The van der Waals surface area contributed by atoms with Crippen LogP contribution in [-0.2, 0) is 0 Å². The van der Waals surface area contributed by atoms with Gasteiger partial charge in [-0.05, 0) is 30.7 Å². The van der Waals surface area contributed by atoms with Crippen LogP contribution in [0.1, 0.15) is 11.1 Å². The molecule has 4 heteroatoms. The van der Waals surface area contributed by atoms with Crippen LogP contribution in [0.2, 0.25) is 0 Å². The van der Waals surface area contributed by atoms with Crippen molar-refractivity contribution in [3.8, 4) is 17.6 Å². The third kappa shape index (κ3) is 2.30. The average molecular weight is 245 g/mol. The van der Waals surface area contributed by atoms with Crippen LogP contribution in [0.25, 0.3) is 0 Å². The highest BCUT2D eigenvalue weighted by Crippen LogP contribution is 2.29. The SMILES string of the molecule is Cc1ccc(F)cc1Oc1cccc(F)c1C#N. The van der Waals surface area contributed by atoms with Crippen molar-refractivity contribution < 1.29 is 13.5 Å². The van der Waals surface area contributed by atoms with Gasteiger partial charge in [0.15, 0.2) is 0 Å². The van der Waals surface area contributed by atoms with E-state index in [9.17, 15) is 8.78 Å². The second-order valence-corrected chi connectivity index (χ2v) is 3.74. The number of hydrogen-bond donors (Lipinski definition) is 0. The zero-order chi connectivity index (χ0) is 13.1. The van der Waals surface area contributed by atoms with Gasteiger partial charge in [-0.2, -0.15) is 5.26 Å². The lowest BCUT2D eigenvalue weighted by Crippen LogP contribution is -1.93. The van der Waals surface area contributed by atoms with Crippen LogP contribution in [0.3, 0.4) is 0 Å². The molecule has 0 saturated carbocycles. The highest BCUT2D eigenvalue weighted by atomic mass is 19.1. The second-order valence-electron chi connectivity index (χ2n) is 3.74. The Morgan fingerprint density at radius 3 is 2.61 bits per heavy atom. The van der Waals surface area contributed by atoms with Crippen molar-refractivity contribution in [1.82, 2.24) is 0 Å². The molecule has 2 aromatic rings. The van der Waals surface area contributed by atoms with Gasteiger partial charge in [-0.1, -0.05) is 12.1 Å². The van der Waals surface area contributed by atoms with Gasteiger partial charge in [-0.25, -0.2) is 8.78 Å². The van der Waals surface area contributed by atoms with E-state index in [4.69, 9.17) is 10.00 Å². The summed E-state index contributed by atoms with van der Waals surface area (Å²) in [5.74, 6) is -0.780. The summed E-state index contributed by atoms with van der Waals surface area (Å²) in [6.45, 7) is 1.74. The Morgan fingerprint density at radius 2 is 1.89 bits per heavy atom. The van der Waals surface area contributed by atoms with Gasteiger partial charge < -0.3 is 4.74 Å². The zero-order valence-corrected chi connectivity index (χ0v) is 9.58. The van der Waals surface area contributed by atoms with E-state index in [1.165, 1.54) is 30.3 Å². The van der Waals surface area contributed by atoms with E-state index in [1.54, 1.807) is 19.1 Å². The van der Waals surface area contributed by atoms with Gasteiger partial charge in [-0.3, -0.25) is 0 Å². The van der Waals surface area contributed by atoms with E-state index >= 15 is 0 Å². The van der Waals surface area contributed by atoms with Crippen LogP contribution < -0.4 is 4.74 Å². The number of ether oxygens (including phenoxy) is 1. The maximum Gasteiger partial charge on any atom is 0.148 e. The van der Waals surface area contributed by atoms with Crippen molar-refractivity contribution in [2.75, 3.05) is 0 Å². The van der Waals surface area contributed by atoms with Gasteiger partial charge in [0.2, 0.25) is 0 Å². The first-order valence-corrected chi connectivity index (χ1v) is 5.24. The number of rotatable bonds is 2. The molecule has 2 aromatic carbocycles. The molecule has 0 aliphatic carbocycles. The van der Waals surface area contributed by atoms with E-state index in [1.807, 2.05) is 0 Å². The van der Waals surface area contributed by atoms with Gasteiger partial charge in [0.1, 0.15) is 34.8 Å². The van der Waals surface area contributed by atoms with Gasteiger partial charge >= 0.3 is 0 Å². The Balaban J connectivity index is 2.44. The smallest absolute Gasteiger partial charge is 0.148 e. The normalized spacial score (nSPS) is 9.89. The summed E-state index contributed by atoms with van der Waals surface area (Å²) in [5.41, 5.74) is 0.505. The van der Waals surface area contributed by atoms with E-state index in [2.05, 4.69) is 0 Å². The Labute approximate surface area is 103 Å². The first kappa shape index (κ1) is 12.1. The maximum atomic E-state index is 13.4. The van der Waals surface area contributed by atoms with Crippen LogP contribution in [0, 0.1) is 29.9 Å². The average Bonchev–Trinajstić information content (AvgIpc) is 2.34. The van der Waals surface area contributed by atoms with Gasteiger partial charge in [-0.15, -0.1) is 0 Å². The molecule has 0 heterocycles. The van der Waals surface area contributed by atoms with Crippen molar-refractivity contribution in [2.45, 2.75) is 6.92 Å². The summed E-state index contributed by atoms with van der Waals surface area (Å²) < 4.78 is 31.8. The molecule has 18 heavy (non-hydrogen) atoms. The standard InChI is InChI=1S/C14H9F2NO/c1-9-5-6-10(15)7-14(9)18-13-4-2-3-12(16)11(13)8-17/h2-7H,1H3. The molecule has 0 bridgehead atoms. The maximum absolute atomic E-state index is 13.4. The van der Waals surface area contributed by atoms with E-state index in [-0.39, 0.29) is 17.1 Å². The lowest BCUT2D eigenvalue weighted by atomic mass is 10.2. The molecular weight excluding hydrogens is 236 g/mol. The lowest BCUT2D eigenvalue weighted by Gasteiger charge is -2.10. The summed E-state index contributed by atoms with van der Waals surface area (Å²) in [7, 11) is 0. The fourth-order valence-electron chi connectivity index (χ4n) is 1.50. The Morgan fingerprint density at radius 1 is 1.11 bits per heavy atom. The van der Waals surface area contributed by atoms with Gasteiger partial charge in [0.25, 0.3) is 0 Å². The molecule has 0 spiro atoms. The topological polar surface area (TPSA) is 33.0 Å². The molecule has 0 N–H and O–H groups in total. The van der Waals surface area contributed by atoms with Crippen molar-refractivity contribution in [1.29, 1.82) is 5.26 Å². The summed E-state index contributed by atoms with van der Waals surface area (Å²) in [6, 6.07) is 9.84. The second kappa shape index (κ2) is 4.84. The molecule has 0 saturated heterocycles. The fraction of sp³-hybridized carbons (Fsp3) is 0.0714. The quantitative estimate of drug-likeness (QED) is 0.802. The van der Waals surface area contributed by atoms with Crippen LogP contribution in [-0.4, -0.2) is 0 Å². The number of aryl methyl sites for hydroxylation is 1. The summed E-state index contributed by atoms with van der Waals surface area (Å²) in [5, 5.41) is 8.86. The summed E-state index contributed by atoms with van der Waals surface area (Å²) >= 11 is 0. The number of benzene rings is 2. The molecule has 0 atom stereocenters. The summed E-state index contributed by atoms with van der Waals surface area (Å²) in [6.07, 6.45) is 0. The fourth-order valence-corrected chi connectivity index (χ4v) is 1.50. The van der Waals surface area contributed by atoms with E-state index in [0.29, 0.717) is 5.56 Å². The minimum atomic E-state index is -0.663. The lowest BCUT2D eigenvalue weighted by molar-refractivity contribution is 0.465. The number of nitrogens with zero attached hydrogens (tertiary/aromatic N) is 1. The molecule has 0 unspecified atom stereocenters. The molecule has 0 aliphatic rings. The van der Waals surface area contributed by atoms with Gasteiger partial charge in [0, 0.05) is 6.07 Å². The molecule has 2 rings (SSSR count). The van der Waals surface area contributed by atoms with Crippen molar-refractivity contribution in [2.24, 2.45) is 0 Å². The van der Waals surface area contributed by atoms with Crippen molar-refractivity contribution in [3.63, 3.8) is 0 Å². The third-order valence-corrected chi connectivity index (χ3v) is 2.46. The van der Waals surface area contributed by atoms with Crippen LogP contribution >= 0.6 is 0 Å².